The van der Waals surface area contributed by atoms with Gasteiger partial charge in [0.05, 0.1) is 12.0 Å². The zero-order valence-corrected chi connectivity index (χ0v) is 12.9. The Morgan fingerprint density at radius 2 is 2.00 bits per heavy atom. The fourth-order valence-electron chi connectivity index (χ4n) is 1.74. The van der Waals surface area contributed by atoms with Crippen LogP contribution in [0.5, 0.6) is 0 Å². The van der Waals surface area contributed by atoms with E-state index in [0.717, 1.165) is 39.1 Å². The molecule has 0 fully saturated rings. The molecule has 0 bridgehead atoms. The smallest absolute Gasteiger partial charge is 0.0948 e. The van der Waals surface area contributed by atoms with E-state index in [1.54, 1.807) is 0 Å². The minimum absolute atomic E-state index is 0.137. The highest BCUT2D eigenvalue weighted by atomic mass is 16.5. The highest BCUT2D eigenvalue weighted by molar-refractivity contribution is 4.98. The third-order valence-corrected chi connectivity index (χ3v) is 2.93. The molecular weight excluding hydrogens is 238 g/mol. The molecule has 0 aromatic carbocycles. The molecule has 4 nitrogen and oxygen atoms in total. The molecule has 0 atom stereocenters. The number of imidazole rings is 1. The summed E-state index contributed by atoms with van der Waals surface area (Å²) in [7, 11) is 0. The second-order valence-corrected chi connectivity index (χ2v) is 6.00. The number of aromatic nitrogens is 2. The highest BCUT2D eigenvalue weighted by Gasteiger charge is 2.10. The molecule has 0 amide bonds. The lowest BCUT2D eigenvalue weighted by Crippen LogP contribution is -2.35. The van der Waals surface area contributed by atoms with Crippen molar-refractivity contribution >= 4 is 0 Å². The molecule has 0 aliphatic rings. The quantitative estimate of drug-likeness (QED) is 0.699. The maximum atomic E-state index is 5.58. The lowest BCUT2D eigenvalue weighted by atomic mass is 10.1. The molecule has 1 aromatic heterocycles. The molecule has 1 heterocycles. The molecule has 4 heteroatoms. The van der Waals surface area contributed by atoms with E-state index in [2.05, 4.69) is 42.6 Å². The standard InChI is InChI=1S/C15H29N3O/c1-5-6-9-19-10-7-8-18-13-16-11-14(18)12-17-15(2,3)4/h11,13,17H,5-10,12H2,1-4H3. The van der Waals surface area contributed by atoms with E-state index in [1.807, 2.05) is 12.5 Å². The Labute approximate surface area is 117 Å². The monoisotopic (exact) mass is 267 g/mol. The van der Waals surface area contributed by atoms with Crippen LogP contribution >= 0.6 is 0 Å². The first kappa shape index (κ1) is 16.2. The molecule has 0 spiro atoms. The van der Waals surface area contributed by atoms with Crippen molar-refractivity contribution in [1.29, 1.82) is 0 Å². The molecule has 0 aliphatic carbocycles. The predicted octanol–water partition coefficient (Wildman–Crippen LogP) is 2.98. The van der Waals surface area contributed by atoms with Gasteiger partial charge in [0.1, 0.15) is 0 Å². The number of hydrogen-bond donors (Lipinski definition) is 1. The summed E-state index contributed by atoms with van der Waals surface area (Å²) >= 11 is 0. The number of unbranched alkanes of at least 4 members (excludes halogenated alkanes) is 1. The summed E-state index contributed by atoms with van der Waals surface area (Å²) in [6, 6.07) is 0. The van der Waals surface area contributed by atoms with Gasteiger partial charge in [-0.25, -0.2) is 4.98 Å². The lowest BCUT2D eigenvalue weighted by Gasteiger charge is -2.21. The average Bonchev–Trinajstić information content (AvgIpc) is 2.78. The van der Waals surface area contributed by atoms with Crippen molar-refractivity contribution in [2.45, 2.75) is 65.6 Å². The summed E-state index contributed by atoms with van der Waals surface area (Å²) in [6.07, 6.45) is 7.25. The normalized spacial score (nSPS) is 12.0. The highest BCUT2D eigenvalue weighted by Crippen LogP contribution is 2.05. The molecule has 19 heavy (non-hydrogen) atoms. The van der Waals surface area contributed by atoms with Crippen molar-refractivity contribution in [1.82, 2.24) is 14.9 Å². The van der Waals surface area contributed by atoms with Crippen LogP contribution in [0.4, 0.5) is 0 Å². The van der Waals surface area contributed by atoms with E-state index in [9.17, 15) is 0 Å². The Morgan fingerprint density at radius 3 is 2.68 bits per heavy atom. The Kier molecular flexibility index (Phi) is 7.10. The van der Waals surface area contributed by atoms with Crippen molar-refractivity contribution in [3.8, 4) is 0 Å². The van der Waals surface area contributed by atoms with Gasteiger partial charge >= 0.3 is 0 Å². The first-order valence-electron chi connectivity index (χ1n) is 7.34. The van der Waals surface area contributed by atoms with Gasteiger partial charge in [-0.1, -0.05) is 13.3 Å². The molecule has 0 aliphatic heterocycles. The number of hydrogen-bond acceptors (Lipinski definition) is 3. The van der Waals surface area contributed by atoms with E-state index < -0.39 is 0 Å². The fourth-order valence-corrected chi connectivity index (χ4v) is 1.74. The maximum absolute atomic E-state index is 5.58. The molecule has 1 aromatic rings. The van der Waals surface area contributed by atoms with Crippen LogP contribution in [0.15, 0.2) is 12.5 Å². The van der Waals surface area contributed by atoms with Crippen LogP contribution in [-0.4, -0.2) is 28.3 Å². The van der Waals surface area contributed by atoms with Gasteiger partial charge in [-0.15, -0.1) is 0 Å². The van der Waals surface area contributed by atoms with Crippen LogP contribution in [0.25, 0.3) is 0 Å². The Bertz CT molecular complexity index is 341. The SMILES string of the molecule is CCCCOCCCn1cncc1CNC(C)(C)C. The van der Waals surface area contributed by atoms with Crippen molar-refractivity contribution in [2.75, 3.05) is 13.2 Å². The summed E-state index contributed by atoms with van der Waals surface area (Å²) in [5.41, 5.74) is 1.38. The van der Waals surface area contributed by atoms with Crippen molar-refractivity contribution in [3.63, 3.8) is 0 Å². The zero-order valence-electron chi connectivity index (χ0n) is 12.9. The minimum atomic E-state index is 0.137. The number of rotatable bonds is 9. The van der Waals surface area contributed by atoms with Crippen molar-refractivity contribution in [3.05, 3.63) is 18.2 Å². The second-order valence-electron chi connectivity index (χ2n) is 6.00. The molecule has 1 N–H and O–H groups in total. The van der Waals surface area contributed by atoms with Crippen molar-refractivity contribution in [2.24, 2.45) is 0 Å². The van der Waals surface area contributed by atoms with E-state index >= 15 is 0 Å². The van der Waals surface area contributed by atoms with Gasteiger partial charge < -0.3 is 14.6 Å². The Hall–Kier alpha value is -0.870. The molecule has 1 rings (SSSR count). The van der Waals surface area contributed by atoms with Gasteiger partial charge in [0.2, 0.25) is 0 Å². The molecule has 0 radical (unpaired) electrons. The van der Waals surface area contributed by atoms with Crippen LogP contribution in [-0.2, 0) is 17.8 Å². The second kappa shape index (κ2) is 8.33. The lowest BCUT2D eigenvalue weighted by molar-refractivity contribution is 0.126. The van der Waals surface area contributed by atoms with Crippen LogP contribution in [0.1, 0.15) is 52.7 Å². The van der Waals surface area contributed by atoms with E-state index in [0.29, 0.717) is 0 Å². The van der Waals surface area contributed by atoms with Gasteiger partial charge in [-0.2, -0.15) is 0 Å². The van der Waals surface area contributed by atoms with Crippen LogP contribution in [0.3, 0.4) is 0 Å². The summed E-state index contributed by atoms with van der Waals surface area (Å²) < 4.78 is 7.79. The largest absolute Gasteiger partial charge is 0.381 e. The summed E-state index contributed by atoms with van der Waals surface area (Å²) in [5, 5.41) is 3.49. The Balaban J connectivity index is 2.25. The number of ether oxygens (including phenoxy) is 1. The maximum Gasteiger partial charge on any atom is 0.0948 e. The molecular formula is C15H29N3O. The Morgan fingerprint density at radius 1 is 1.26 bits per heavy atom. The van der Waals surface area contributed by atoms with Gasteiger partial charge in [-0.3, -0.25) is 0 Å². The number of nitrogens with zero attached hydrogens (tertiary/aromatic N) is 2. The fraction of sp³-hybridized carbons (Fsp3) is 0.800. The van der Waals surface area contributed by atoms with E-state index in [4.69, 9.17) is 4.74 Å². The van der Waals surface area contributed by atoms with Crippen LogP contribution in [0.2, 0.25) is 0 Å². The summed E-state index contributed by atoms with van der Waals surface area (Å²) in [5.74, 6) is 0. The molecule has 0 unspecified atom stereocenters. The predicted molar refractivity (Wildman–Crippen MR) is 79.2 cm³/mol. The van der Waals surface area contributed by atoms with Crippen LogP contribution < -0.4 is 5.32 Å². The third-order valence-electron chi connectivity index (χ3n) is 2.93. The topological polar surface area (TPSA) is 39.1 Å². The minimum Gasteiger partial charge on any atom is -0.381 e. The first-order chi connectivity index (χ1) is 9.03. The van der Waals surface area contributed by atoms with Gasteiger partial charge in [0.15, 0.2) is 0 Å². The van der Waals surface area contributed by atoms with Gasteiger partial charge in [0.25, 0.3) is 0 Å². The number of nitrogens with one attached hydrogen (secondary N) is 1. The van der Waals surface area contributed by atoms with E-state index in [1.165, 1.54) is 12.1 Å². The summed E-state index contributed by atoms with van der Waals surface area (Å²) in [4.78, 5) is 4.23. The van der Waals surface area contributed by atoms with E-state index in [-0.39, 0.29) is 5.54 Å². The van der Waals surface area contributed by atoms with Gasteiger partial charge in [0, 0.05) is 38.0 Å². The molecule has 0 saturated carbocycles. The number of aryl methyl sites for hydroxylation is 1. The third kappa shape index (κ3) is 7.33. The summed E-state index contributed by atoms with van der Waals surface area (Å²) in [6.45, 7) is 12.3. The van der Waals surface area contributed by atoms with Crippen LogP contribution in [0, 0.1) is 0 Å². The first-order valence-corrected chi connectivity index (χ1v) is 7.34. The van der Waals surface area contributed by atoms with Gasteiger partial charge in [-0.05, 0) is 33.6 Å². The molecule has 0 saturated heterocycles. The average molecular weight is 267 g/mol. The molecule has 110 valence electrons. The zero-order chi connectivity index (χ0) is 14.1. The van der Waals surface area contributed by atoms with Crippen molar-refractivity contribution < 1.29 is 4.74 Å².